The van der Waals surface area contributed by atoms with Crippen LogP contribution in [-0.4, -0.2) is 88.4 Å². The molecule has 2 aromatic heterocycles. The van der Waals surface area contributed by atoms with Crippen LogP contribution in [0.5, 0.6) is 5.88 Å². The fourth-order valence-corrected chi connectivity index (χ4v) is 4.29. The number of hydrogen-bond donors (Lipinski definition) is 4. The van der Waals surface area contributed by atoms with Crippen LogP contribution < -0.4 is 25.6 Å². The minimum absolute atomic E-state index is 0.0303. The highest BCUT2D eigenvalue weighted by Gasteiger charge is 2.31. The zero-order chi connectivity index (χ0) is 24.8. The number of nitrogens with one attached hydrogen (secondary N) is 3. The van der Waals surface area contributed by atoms with Crippen LogP contribution in [0.15, 0.2) is 30.7 Å². The monoisotopic (exact) mass is 484 g/mol. The molecule has 0 bridgehead atoms. The quantitative estimate of drug-likeness (QED) is 0.453. The van der Waals surface area contributed by atoms with Gasteiger partial charge in [-0.15, -0.1) is 0 Å². The molecule has 4 heterocycles. The van der Waals surface area contributed by atoms with E-state index in [0.29, 0.717) is 43.5 Å². The third kappa shape index (κ3) is 6.14. The summed E-state index contributed by atoms with van der Waals surface area (Å²) in [6, 6.07) is 2.63. The molecule has 2 aromatic rings. The summed E-state index contributed by atoms with van der Waals surface area (Å²) in [7, 11) is 1.76. The average molecular weight is 485 g/mol. The summed E-state index contributed by atoms with van der Waals surface area (Å²) in [5, 5.41) is 18.6. The average Bonchev–Trinajstić information content (AvgIpc) is 3.31. The molecule has 3 atom stereocenters. The Morgan fingerprint density at radius 1 is 1.26 bits per heavy atom. The van der Waals surface area contributed by atoms with Crippen molar-refractivity contribution in [3.63, 3.8) is 0 Å². The number of hydrogen-bond acceptors (Lipinski definition) is 9. The smallest absolute Gasteiger partial charge is 0.323 e. The number of nitrogens with zero attached hydrogens (tertiary/aromatic N) is 5. The lowest BCUT2D eigenvalue weighted by molar-refractivity contribution is -0.119. The first kappa shape index (κ1) is 24.6. The Kier molecular flexibility index (Phi) is 7.93. The van der Waals surface area contributed by atoms with Crippen LogP contribution in [0.4, 0.5) is 22.1 Å². The zero-order valence-electron chi connectivity index (χ0n) is 20.0. The molecule has 4 N–H and O–H groups in total. The highest BCUT2D eigenvalue weighted by molar-refractivity contribution is 5.95. The molecule has 188 valence electrons. The fourth-order valence-electron chi connectivity index (χ4n) is 4.29. The largest absolute Gasteiger partial charge is 0.477 e. The van der Waals surface area contributed by atoms with Crippen LogP contribution in [0.1, 0.15) is 26.2 Å². The van der Waals surface area contributed by atoms with E-state index in [1.54, 1.807) is 24.2 Å². The molecule has 0 saturated carbocycles. The first-order valence-electron chi connectivity index (χ1n) is 11.9. The number of aliphatic hydroxyl groups excluding tert-OH is 1. The molecule has 0 spiro atoms. The van der Waals surface area contributed by atoms with Crippen LogP contribution in [-0.2, 0) is 4.79 Å². The molecule has 2 saturated heterocycles. The standard InChI is InChI=1S/C23H32N8O4/c1-3-35-20-13-26-18(12-27-20)29-23(34)30(2)16-5-4-10-31(14-16)19-11-15(6-8-24-19)28-22(33)21-17(32)7-9-25-21/h6,8,11-13,16-17,21,25,32H,3-5,7,9-10,14H2,1-2H3,(H,24,28,33)(H,26,29,34)/t16-,17-,21+/m1/s1. The lowest BCUT2D eigenvalue weighted by Crippen LogP contribution is -2.50. The van der Waals surface area contributed by atoms with Gasteiger partial charge in [0.25, 0.3) is 0 Å². The molecule has 2 aliphatic rings. The van der Waals surface area contributed by atoms with Crippen molar-refractivity contribution in [2.45, 2.75) is 44.4 Å². The van der Waals surface area contributed by atoms with Gasteiger partial charge in [-0.25, -0.2) is 19.7 Å². The van der Waals surface area contributed by atoms with Gasteiger partial charge < -0.3 is 30.3 Å². The summed E-state index contributed by atoms with van der Waals surface area (Å²) in [6.45, 7) is 4.37. The van der Waals surface area contributed by atoms with Crippen molar-refractivity contribution in [3.8, 4) is 5.88 Å². The third-order valence-electron chi connectivity index (χ3n) is 6.23. The number of piperidine rings is 1. The number of urea groups is 1. The van der Waals surface area contributed by atoms with Gasteiger partial charge in [0.15, 0.2) is 5.82 Å². The predicted molar refractivity (Wildman–Crippen MR) is 130 cm³/mol. The molecule has 0 aliphatic carbocycles. The first-order valence-corrected chi connectivity index (χ1v) is 11.9. The Morgan fingerprint density at radius 2 is 2.11 bits per heavy atom. The highest BCUT2D eigenvalue weighted by Crippen LogP contribution is 2.23. The lowest BCUT2D eigenvalue weighted by Gasteiger charge is -2.38. The van der Waals surface area contributed by atoms with Crippen LogP contribution in [0.3, 0.4) is 0 Å². The topological polar surface area (TPSA) is 145 Å². The Hall–Kier alpha value is -3.51. The molecule has 2 aliphatic heterocycles. The number of likely N-dealkylation sites (N-methyl/N-ethyl adjacent to an activating group) is 1. The molecule has 0 radical (unpaired) electrons. The number of aromatic nitrogens is 3. The molecule has 3 amide bonds. The van der Waals surface area contributed by atoms with Gasteiger partial charge in [0.1, 0.15) is 11.9 Å². The molecular weight excluding hydrogens is 452 g/mol. The van der Waals surface area contributed by atoms with E-state index in [9.17, 15) is 14.7 Å². The second kappa shape index (κ2) is 11.3. The molecule has 0 unspecified atom stereocenters. The molecule has 12 nitrogen and oxygen atoms in total. The second-order valence-electron chi connectivity index (χ2n) is 8.64. The minimum atomic E-state index is -0.686. The number of anilines is 3. The number of amides is 3. The summed E-state index contributed by atoms with van der Waals surface area (Å²) >= 11 is 0. The molecule has 4 rings (SSSR count). The van der Waals surface area contributed by atoms with E-state index in [0.717, 1.165) is 25.2 Å². The number of aliphatic hydroxyl groups is 1. The van der Waals surface area contributed by atoms with Crippen LogP contribution in [0.2, 0.25) is 0 Å². The second-order valence-corrected chi connectivity index (χ2v) is 8.64. The number of carbonyl (C=O) groups excluding carboxylic acids is 2. The van der Waals surface area contributed by atoms with Gasteiger partial charge in [0.2, 0.25) is 11.8 Å². The highest BCUT2D eigenvalue weighted by atomic mass is 16.5. The van der Waals surface area contributed by atoms with Gasteiger partial charge in [-0.1, -0.05) is 0 Å². The van der Waals surface area contributed by atoms with Crippen molar-refractivity contribution < 1.29 is 19.4 Å². The van der Waals surface area contributed by atoms with E-state index in [1.807, 2.05) is 13.0 Å². The SMILES string of the molecule is CCOc1cnc(NC(=O)N(C)[C@@H]2CCCN(c3cc(NC(=O)[C@H]4NCC[C@H]4O)ccn3)C2)cn1. The molecular formula is C23H32N8O4. The maximum Gasteiger partial charge on any atom is 0.323 e. The molecule has 35 heavy (non-hydrogen) atoms. The van der Waals surface area contributed by atoms with Crippen LogP contribution in [0, 0.1) is 0 Å². The van der Waals surface area contributed by atoms with Gasteiger partial charge in [-0.2, -0.15) is 0 Å². The number of rotatable bonds is 7. The normalized spacial score (nSPS) is 21.9. The van der Waals surface area contributed by atoms with Gasteiger partial charge in [-0.05, 0) is 38.8 Å². The Bertz CT molecular complexity index is 1020. The maximum absolute atomic E-state index is 12.8. The fraction of sp³-hybridized carbons (Fsp3) is 0.522. The molecule has 0 aromatic carbocycles. The molecule has 12 heteroatoms. The minimum Gasteiger partial charge on any atom is -0.477 e. The summed E-state index contributed by atoms with van der Waals surface area (Å²) in [6.07, 6.45) is 6.21. The number of ether oxygens (including phenoxy) is 1. The number of pyridine rings is 1. The van der Waals surface area contributed by atoms with Crippen molar-refractivity contribution in [1.82, 2.24) is 25.2 Å². The van der Waals surface area contributed by atoms with E-state index in [4.69, 9.17) is 4.74 Å². The van der Waals surface area contributed by atoms with Crippen molar-refractivity contribution in [2.75, 3.05) is 48.8 Å². The summed E-state index contributed by atoms with van der Waals surface area (Å²) in [4.78, 5) is 41.8. The van der Waals surface area contributed by atoms with Gasteiger partial charge in [0, 0.05) is 38.1 Å². The van der Waals surface area contributed by atoms with E-state index in [1.165, 1.54) is 12.4 Å². The first-order chi connectivity index (χ1) is 16.9. The van der Waals surface area contributed by atoms with Gasteiger partial charge in [-0.3, -0.25) is 10.1 Å². The zero-order valence-corrected chi connectivity index (χ0v) is 20.0. The van der Waals surface area contributed by atoms with Gasteiger partial charge in [0.05, 0.1) is 31.1 Å². The summed E-state index contributed by atoms with van der Waals surface area (Å²) in [5.74, 6) is 1.21. The van der Waals surface area contributed by atoms with E-state index in [-0.39, 0.29) is 18.0 Å². The Balaban J connectivity index is 1.35. The Labute approximate surface area is 204 Å². The summed E-state index contributed by atoms with van der Waals surface area (Å²) in [5.41, 5.74) is 0.614. The van der Waals surface area contributed by atoms with Crippen LogP contribution >= 0.6 is 0 Å². The van der Waals surface area contributed by atoms with Crippen LogP contribution in [0.25, 0.3) is 0 Å². The lowest BCUT2D eigenvalue weighted by atomic mass is 10.0. The summed E-state index contributed by atoms with van der Waals surface area (Å²) < 4.78 is 5.28. The predicted octanol–water partition coefficient (Wildman–Crippen LogP) is 1.06. The van der Waals surface area contributed by atoms with Crippen molar-refractivity contribution in [3.05, 3.63) is 30.7 Å². The van der Waals surface area contributed by atoms with Crippen molar-refractivity contribution >= 4 is 29.3 Å². The number of carbonyl (C=O) groups is 2. The maximum atomic E-state index is 12.8. The van der Waals surface area contributed by atoms with Gasteiger partial charge >= 0.3 is 6.03 Å². The van der Waals surface area contributed by atoms with E-state index >= 15 is 0 Å². The van der Waals surface area contributed by atoms with Crippen molar-refractivity contribution in [1.29, 1.82) is 0 Å². The van der Waals surface area contributed by atoms with E-state index < -0.39 is 12.1 Å². The third-order valence-corrected chi connectivity index (χ3v) is 6.23. The van der Waals surface area contributed by atoms with Crippen molar-refractivity contribution in [2.24, 2.45) is 0 Å². The molecule has 2 fully saturated rings. The van der Waals surface area contributed by atoms with E-state index in [2.05, 4.69) is 35.8 Å². The Morgan fingerprint density at radius 3 is 2.83 bits per heavy atom.